The van der Waals surface area contributed by atoms with Crippen molar-refractivity contribution in [2.75, 3.05) is 41.7 Å². The smallest absolute Gasteiger partial charge is 0.349 e. The SMILES string of the molecule is Cc1ccc(NC(=O)c2cc(C(F)(F)F)ccn2)cc1C1=Cc2cnc(NC3CNC3)nc2N2CCN=C12. The zero-order chi connectivity index (χ0) is 26.4. The molecule has 3 aliphatic heterocycles. The van der Waals surface area contributed by atoms with Crippen molar-refractivity contribution >= 4 is 40.8 Å². The molecule has 194 valence electrons. The molecule has 3 aliphatic rings. The second-order valence-corrected chi connectivity index (χ2v) is 9.30. The van der Waals surface area contributed by atoms with Gasteiger partial charge in [0.25, 0.3) is 5.91 Å². The molecule has 0 saturated carbocycles. The van der Waals surface area contributed by atoms with Crippen molar-refractivity contribution in [2.24, 2.45) is 4.99 Å². The topological polar surface area (TPSA) is 107 Å². The number of alkyl halides is 3. The number of aliphatic imine (C=N–C) groups is 1. The van der Waals surface area contributed by atoms with Gasteiger partial charge in [0.2, 0.25) is 5.95 Å². The Morgan fingerprint density at radius 3 is 2.76 bits per heavy atom. The Bertz CT molecular complexity index is 1500. The molecule has 0 atom stereocenters. The molecule has 1 amide bonds. The Labute approximate surface area is 215 Å². The van der Waals surface area contributed by atoms with Crippen LogP contribution in [0.2, 0.25) is 0 Å². The first-order valence-corrected chi connectivity index (χ1v) is 12.1. The summed E-state index contributed by atoms with van der Waals surface area (Å²) in [7, 11) is 0. The minimum atomic E-state index is -4.57. The summed E-state index contributed by atoms with van der Waals surface area (Å²) in [5.41, 5.74) is 2.65. The van der Waals surface area contributed by atoms with Gasteiger partial charge in [0.15, 0.2) is 0 Å². The third kappa shape index (κ3) is 4.47. The number of fused-ring (bicyclic) bond motifs is 3. The first-order valence-electron chi connectivity index (χ1n) is 12.1. The van der Waals surface area contributed by atoms with E-state index in [2.05, 4.69) is 30.8 Å². The second kappa shape index (κ2) is 9.21. The molecule has 0 aliphatic carbocycles. The lowest BCUT2D eigenvalue weighted by Gasteiger charge is -2.30. The highest BCUT2D eigenvalue weighted by Crippen LogP contribution is 2.37. The van der Waals surface area contributed by atoms with Crippen LogP contribution in [0.1, 0.15) is 32.7 Å². The number of rotatable bonds is 5. The summed E-state index contributed by atoms with van der Waals surface area (Å²) in [6.45, 7) is 4.98. The Morgan fingerprint density at radius 2 is 2.00 bits per heavy atom. The molecule has 6 rings (SSSR count). The van der Waals surface area contributed by atoms with Gasteiger partial charge in [-0.1, -0.05) is 6.07 Å². The molecule has 0 unspecified atom stereocenters. The molecule has 38 heavy (non-hydrogen) atoms. The normalized spacial score (nSPS) is 16.7. The first-order chi connectivity index (χ1) is 18.3. The summed E-state index contributed by atoms with van der Waals surface area (Å²) in [5.74, 6) is 1.40. The van der Waals surface area contributed by atoms with Crippen LogP contribution in [0.25, 0.3) is 11.6 Å². The summed E-state index contributed by atoms with van der Waals surface area (Å²) in [6, 6.07) is 7.21. The Hall–Kier alpha value is -4.32. The molecule has 0 radical (unpaired) electrons. The van der Waals surface area contributed by atoms with Crippen LogP contribution < -0.4 is 20.9 Å². The Kier molecular flexibility index (Phi) is 5.83. The van der Waals surface area contributed by atoms with Gasteiger partial charge in [-0.15, -0.1) is 0 Å². The van der Waals surface area contributed by atoms with Crippen molar-refractivity contribution in [2.45, 2.75) is 19.1 Å². The molecule has 3 aromatic rings. The molecule has 3 N–H and O–H groups in total. The van der Waals surface area contributed by atoms with E-state index in [-0.39, 0.29) is 5.69 Å². The predicted octanol–water partition coefficient (Wildman–Crippen LogP) is 3.61. The number of hydrogen-bond acceptors (Lipinski definition) is 8. The van der Waals surface area contributed by atoms with E-state index >= 15 is 0 Å². The van der Waals surface area contributed by atoms with E-state index in [0.29, 0.717) is 30.8 Å². The van der Waals surface area contributed by atoms with Crippen LogP contribution in [0.4, 0.5) is 30.6 Å². The van der Waals surface area contributed by atoms with E-state index in [4.69, 9.17) is 9.98 Å². The van der Waals surface area contributed by atoms with Crippen molar-refractivity contribution < 1.29 is 18.0 Å². The largest absolute Gasteiger partial charge is 0.416 e. The molecule has 5 heterocycles. The second-order valence-electron chi connectivity index (χ2n) is 9.30. The fourth-order valence-corrected chi connectivity index (χ4v) is 4.56. The zero-order valence-corrected chi connectivity index (χ0v) is 20.3. The minimum Gasteiger partial charge on any atom is -0.349 e. The Balaban J connectivity index is 1.30. The Morgan fingerprint density at radius 1 is 1.16 bits per heavy atom. The highest BCUT2D eigenvalue weighted by molar-refractivity contribution is 6.36. The number of benzene rings is 1. The molecule has 1 aromatic carbocycles. The van der Waals surface area contributed by atoms with Gasteiger partial charge in [0.05, 0.1) is 18.2 Å². The summed E-state index contributed by atoms with van der Waals surface area (Å²) < 4.78 is 39.2. The van der Waals surface area contributed by atoms with Crippen molar-refractivity contribution in [3.05, 3.63) is 70.7 Å². The summed E-state index contributed by atoms with van der Waals surface area (Å²) >= 11 is 0. The number of amides is 1. The van der Waals surface area contributed by atoms with Crippen LogP contribution in [0.15, 0.2) is 47.7 Å². The van der Waals surface area contributed by atoms with Gasteiger partial charge in [-0.2, -0.15) is 18.2 Å². The van der Waals surface area contributed by atoms with Gasteiger partial charge in [-0.05, 0) is 48.4 Å². The van der Waals surface area contributed by atoms with Crippen molar-refractivity contribution in [1.82, 2.24) is 20.3 Å². The number of halogens is 3. The molecule has 2 aromatic heterocycles. The van der Waals surface area contributed by atoms with Crippen molar-refractivity contribution in [3.8, 4) is 0 Å². The highest BCUT2D eigenvalue weighted by Gasteiger charge is 2.33. The van der Waals surface area contributed by atoms with Gasteiger partial charge >= 0.3 is 6.18 Å². The van der Waals surface area contributed by atoms with Crippen LogP contribution in [0, 0.1) is 6.92 Å². The van der Waals surface area contributed by atoms with Crippen LogP contribution in [-0.2, 0) is 6.18 Å². The van der Waals surface area contributed by atoms with Gasteiger partial charge in [-0.25, -0.2) is 4.98 Å². The summed E-state index contributed by atoms with van der Waals surface area (Å²) in [5, 5.41) is 9.22. The van der Waals surface area contributed by atoms with E-state index < -0.39 is 17.6 Å². The molecule has 0 spiro atoms. The molecule has 1 saturated heterocycles. The van der Waals surface area contributed by atoms with Gasteiger partial charge in [0, 0.05) is 48.9 Å². The predicted molar refractivity (Wildman–Crippen MR) is 138 cm³/mol. The molecular weight excluding hydrogens is 497 g/mol. The lowest BCUT2D eigenvalue weighted by Crippen LogP contribution is -2.51. The monoisotopic (exact) mass is 520 g/mol. The van der Waals surface area contributed by atoms with E-state index in [1.807, 2.05) is 19.1 Å². The zero-order valence-electron chi connectivity index (χ0n) is 20.3. The molecule has 12 heteroatoms. The number of anilines is 3. The number of aromatic nitrogens is 3. The van der Waals surface area contributed by atoms with Crippen LogP contribution in [0.5, 0.6) is 0 Å². The van der Waals surface area contributed by atoms with E-state index in [1.165, 1.54) is 0 Å². The van der Waals surface area contributed by atoms with Crippen molar-refractivity contribution in [3.63, 3.8) is 0 Å². The lowest BCUT2D eigenvalue weighted by molar-refractivity contribution is -0.137. The summed E-state index contributed by atoms with van der Waals surface area (Å²) in [4.78, 5) is 32.6. The van der Waals surface area contributed by atoms with Crippen LogP contribution in [0.3, 0.4) is 0 Å². The maximum atomic E-state index is 13.1. The molecule has 9 nitrogen and oxygen atoms in total. The van der Waals surface area contributed by atoms with Gasteiger partial charge in [-0.3, -0.25) is 14.8 Å². The van der Waals surface area contributed by atoms with E-state index in [9.17, 15) is 18.0 Å². The maximum absolute atomic E-state index is 13.1. The average molecular weight is 521 g/mol. The number of carbonyl (C=O) groups is 1. The number of nitrogens with one attached hydrogen (secondary N) is 3. The minimum absolute atomic E-state index is 0.307. The quantitative estimate of drug-likeness (QED) is 0.472. The van der Waals surface area contributed by atoms with Crippen molar-refractivity contribution in [1.29, 1.82) is 0 Å². The number of aryl methyl sites for hydroxylation is 1. The molecule has 0 bridgehead atoms. The average Bonchev–Trinajstić information content (AvgIpc) is 3.37. The number of pyridine rings is 1. The lowest BCUT2D eigenvalue weighted by atomic mass is 9.94. The highest BCUT2D eigenvalue weighted by atomic mass is 19.4. The standard InChI is InChI=1S/C26H23F3N8O/c1-14-2-3-17(34-24(38)21-9-16(4-5-31-21)26(27,28)29)10-19(14)20-8-15-11-33-25(35-18-12-30-13-18)36-22(15)37-7-6-32-23(20)37/h2-5,8-11,18,30H,6-7,12-13H2,1H3,(H,34,38)(H,33,35,36). The number of amidine groups is 1. The number of nitrogens with zero attached hydrogens (tertiary/aromatic N) is 5. The molecular formula is C26H23F3N8O. The third-order valence-corrected chi connectivity index (χ3v) is 6.65. The maximum Gasteiger partial charge on any atom is 0.416 e. The fraction of sp³-hybridized carbons (Fsp3) is 0.269. The fourth-order valence-electron chi connectivity index (χ4n) is 4.56. The molecule has 1 fully saturated rings. The van der Waals surface area contributed by atoms with Crippen LogP contribution >= 0.6 is 0 Å². The van der Waals surface area contributed by atoms with E-state index in [1.54, 1.807) is 18.3 Å². The summed E-state index contributed by atoms with van der Waals surface area (Å²) in [6.07, 6.45) is 0.169. The first kappa shape index (κ1) is 24.0. The third-order valence-electron chi connectivity index (χ3n) is 6.65. The number of hydrogen-bond donors (Lipinski definition) is 3. The van der Waals surface area contributed by atoms with Gasteiger partial charge < -0.3 is 20.9 Å². The van der Waals surface area contributed by atoms with Gasteiger partial charge in [0.1, 0.15) is 17.3 Å². The van der Waals surface area contributed by atoms with Crippen LogP contribution in [-0.4, -0.2) is 58.9 Å². The van der Waals surface area contributed by atoms with E-state index in [0.717, 1.165) is 65.3 Å². The number of carbonyl (C=O) groups excluding carboxylic acids is 1.